The molecule has 26 heavy (non-hydrogen) atoms. The van der Waals surface area contributed by atoms with Crippen LogP contribution in [-0.2, 0) is 11.8 Å². The number of anilines is 3. The Morgan fingerprint density at radius 1 is 1.12 bits per heavy atom. The maximum atomic E-state index is 12.5. The van der Waals surface area contributed by atoms with Crippen LogP contribution in [0.4, 0.5) is 17.1 Å². The van der Waals surface area contributed by atoms with Crippen molar-refractivity contribution in [2.45, 2.75) is 46.1 Å². The zero-order valence-electron chi connectivity index (χ0n) is 16.2. The van der Waals surface area contributed by atoms with E-state index in [1.165, 1.54) is 24.9 Å². The zero-order valence-corrected chi connectivity index (χ0v) is 16.2. The highest BCUT2D eigenvalue weighted by Crippen LogP contribution is 2.23. The van der Waals surface area contributed by atoms with Crippen molar-refractivity contribution in [2.24, 2.45) is 7.05 Å². The van der Waals surface area contributed by atoms with Gasteiger partial charge >= 0.3 is 0 Å². The summed E-state index contributed by atoms with van der Waals surface area (Å²) in [6.07, 6.45) is 3.87. The third-order valence-electron chi connectivity index (χ3n) is 5.12. The number of rotatable bonds is 5. The number of aromatic nitrogens is 2. The van der Waals surface area contributed by atoms with E-state index in [4.69, 9.17) is 0 Å². The lowest BCUT2D eigenvalue weighted by Gasteiger charge is -2.29. The Bertz CT molecular complexity index is 759. The largest absolute Gasteiger partial charge is 0.374 e. The summed E-state index contributed by atoms with van der Waals surface area (Å²) in [6, 6.07) is 8.03. The summed E-state index contributed by atoms with van der Waals surface area (Å²) in [5.41, 5.74) is 4.79. The lowest BCUT2D eigenvalue weighted by molar-refractivity contribution is -0.116. The van der Waals surface area contributed by atoms with Gasteiger partial charge in [0.15, 0.2) is 0 Å². The van der Waals surface area contributed by atoms with Crippen LogP contribution in [0.15, 0.2) is 24.3 Å². The lowest BCUT2D eigenvalue weighted by Crippen LogP contribution is -2.32. The normalized spacial score (nSPS) is 15.6. The summed E-state index contributed by atoms with van der Waals surface area (Å²) in [6.45, 7) is 7.99. The van der Waals surface area contributed by atoms with Crippen molar-refractivity contribution < 1.29 is 4.79 Å². The molecule has 0 aliphatic carbocycles. The molecule has 1 atom stereocenters. The van der Waals surface area contributed by atoms with Crippen LogP contribution in [0, 0.1) is 13.8 Å². The van der Waals surface area contributed by atoms with Crippen LogP contribution in [0.1, 0.15) is 37.6 Å². The van der Waals surface area contributed by atoms with Gasteiger partial charge in [0.1, 0.15) is 6.04 Å². The van der Waals surface area contributed by atoms with Gasteiger partial charge in [-0.2, -0.15) is 5.10 Å². The number of piperidine rings is 1. The Labute approximate surface area is 155 Å². The Morgan fingerprint density at radius 3 is 2.35 bits per heavy atom. The van der Waals surface area contributed by atoms with E-state index in [-0.39, 0.29) is 11.9 Å². The summed E-state index contributed by atoms with van der Waals surface area (Å²) in [7, 11) is 1.88. The average Bonchev–Trinajstić information content (AvgIpc) is 2.89. The van der Waals surface area contributed by atoms with Gasteiger partial charge in [0.05, 0.1) is 17.1 Å². The molecule has 0 radical (unpaired) electrons. The van der Waals surface area contributed by atoms with Crippen LogP contribution in [0.5, 0.6) is 0 Å². The highest BCUT2D eigenvalue weighted by Gasteiger charge is 2.18. The third kappa shape index (κ3) is 4.00. The number of carbonyl (C=O) groups is 1. The molecule has 1 fully saturated rings. The standard InChI is InChI=1S/C20H29N5O/c1-14-19(16(3)24(4)23-14)22-20(26)15(2)21-17-8-10-18(11-9-17)25-12-6-5-7-13-25/h8-11,15,21H,5-7,12-13H2,1-4H3,(H,22,26)/t15-/m1/s1. The van der Waals surface area contributed by atoms with Crippen LogP contribution in [-0.4, -0.2) is 34.8 Å². The quantitative estimate of drug-likeness (QED) is 0.862. The molecule has 6 nitrogen and oxygen atoms in total. The van der Waals surface area contributed by atoms with Gasteiger partial charge in [0.2, 0.25) is 5.91 Å². The molecule has 0 unspecified atom stereocenters. The molecule has 0 saturated carbocycles. The molecule has 1 aliphatic heterocycles. The molecule has 2 aromatic rings. The molecule has 1 aromatic heterocycles. The van der Waals surface area contributed by atoms with Gasteiger partial charge < -0.3 is 15.5 Å². The number of hydrogen-bond donors (Lipinski definition) is 2. The molecule has 3 rings (SSSR count). The van der Waals surface area contributed by atoms with Crippen molar-refractivity contribution in [1.29, 1.82) is 0 Å². The molecule has 6 heteroatoms. The van der Waals surface area contributed by atoms with Gasteiger partial charge in [-0.1, -0.05) is 0 Å². The monoisotopic (exact) mass is 355 g/mol. The molecule has 140 valence electrons. The molecule has 1 saturated heterocycles. The highest BCUT2D eigenvalue weighted by molar-refractivity contribution is 5.97. The van der Waals surface area contributed by atoms with E-state index < -0.39 is 0 Å². The summed E-state index contributed by atoms with van der Waals surface area (Å²) in [4.78, 5) is 15.0. The van der Waals surface area contributed by atoms with Gasteiger partial charge in [-0.15, -0.1) is 0 Å². The van der Waals surface area contributed by atoms with Crippen molar-refractivity contribution in [3.63, 3.8) is 0 Å². The van der Waals surface area contributed by atoms with Gasteiger partial charge in [0, 0.05) is 31.5 Å². The van der Waals surface area contributed by atoms with E-state index in [2.05, 4.69) is 32.8 Å². The minimum absolute atomic E-state index is 0.0655. The van der Waals surface area contributed by atoms with E-state index in [0.29, 0.717) is 0 Å². The summed E-state index contributed by atoms with van der Waals surface area (Å²) in [5.74, 6) is -0.0655. The first kappa shape index (κ1) is 18.3. The molecule has 1 aromatic carbocycles. The number of benzene rings is 1. The van der Waals surface area contributed by atoms with Gasteiger partial charge in [0.25, 0.3) is 0 Å². The fourth-order valence-electron chi connectivity index (χ4n) is 3.42. The highest BCUT2D eigenvalue weighted by atomic mass is 16.2. The first-order valence-corrected chi connectivity index (χ1v) is 9.38. The molecule has 0 bridgehead atoms. The minimum Gasteiger partial charge on any atom is -0.374 e. The fraction of sp³-hybridized carbons (Fsp3) is 0.500. The molecular formula is C20H29N5O. The molecule has 1 amide bonds. The second kappa shape index (κ2) is 7.81. The van der Waals surface area contributed by atoms with Crippen LogP contribution in [0.2, 0.25) is 0 Å². The average molecular weight is 355 g/mol. The summed E-state index contributed by atoms with van der Waals surface area (Å²) < 4.78 is 1.78. The number of nitrogens with one attached hydrogen (secondary N) is 2. The molecular weight excluding hydrogens is 326 g/mol. The first-order valence-electron chi connectivity index (χ1n) is 9.38. The second-order valence-electron chi connectivity index (χ2n) is 7.12. The van der Waals surface area contributed by atoms with Crippen LogP contribution < -0.4 is 15.5 Å². The maximum Gasteiger partial charge on any atom is 0.246 e. The van der Waals surface area contributed by atoms with Crippen LogP contribution in [0.25, 0.3) is 0 Å². The van der Waals surface area contributed by atoms with E-state index in [0.717, 1.165) is 35.9 Å². The predicted molar refractivity (Wildman–Crippen MR) is 107 cm³/mol. The molecule has 2 N–H and O–H groups in total. The number of amides is 1. The van der Waals surface area contributed by atoms with E-state index in [1.54, 1.807) is 4.68 Å². The van der Waals surface area contributed by atoms with Gasteiger partial charge in [-0.25, -0.2) is 0 Å². The summed E-state index contributed by atoms with van der Waals surface area (Å²) in [5, 5.41) is 10.6. The van der Waals surface area contributed by atoms with Crippen LogP contribution in [0.3, 0.4) is 0 Å². The number of hydrogen-bond acceptors (Lipinski definition) is 4. The number of aryl methyl sites for hydroxylation is 2. The Hall–Kier alpha value is -2.50. The van der Waals surface area contributed by atoms with Crippen molar-refractivity contribution in [3.05, 3.63) is 35.7 Å². The Balaban J connectivity index is 1.60. The van der Waals surface area contributed by atoms with Gasteiger partial charge in [-0.3, -0.25) is 9.48 Å². The first-order chi connectivity index (χ1) is 12.5. The SMILES string of the molecule is Cc1nn(C)c(C)c1NC(=O)[C@@H](C)Nc1ccc(N2CCCCC2)cc1. The second-order valence-corrected chi connectivity index (χ2v) is 7.12. The number of carbonyl (C=O) groups excluding carboxylic acids is 1. The maximum absolute atomic E-state index is 12.5. The minimum atomic E-state index is -0.338. The lowest BCUT2D eigenvalue weighted by atomic mass is 10.1. The van der Waals surface area contributed by atoms with Crippen molar-refractivity contribution >= 4 is 23.0 Å². The van der Waals surface area contributed by atoms with Crippen molar-refractivity contribution in [3.8, 4) is 0 Å². The third-order valence-corrected chi connectivity index (χ3v) is 5.12. The molecule has 1 aliphatic rings. The molecule has 0 spiro atoms. The van der Waals surface area contributed by atoms with Crippen LogP contribution >= 0.6 is 0 Å². The van der Waals surface area contributed by atoms with Crippen molar-refractivity contribution in [2.75, 3.05) is 28.6 Å². The fourth-order valence-corrected chi connectivity index (χ4v) is 3.42. The predicted octanol–water partition coefficient (Wildman–Crippen LogP) is 3.47. The van der Waals surface area contributed by atoms with Gasteiger partial charge in [-0.05, 0) is 64.3 Å². The Morgan fingerprint density at radius 2 is 1.77 bits per heavy atom. The topological polar surface area (TPSA) is 62.2 Å². The van der Waals surface area contributed by atoms with Crippen molar-refractivity contribution in [1.82, 2.24) is 9.78 Å². The smallest absolute Gasteiger partial charge is 0.246 e. The summed E-state index contributed by atoms with van der Waals surface area (Å²) >= 11 is 0. The number of nitrogens with zero attached hydrogens (tertiary/aromatic N) is 3. The van der Waals surface area contributed by atoms with E-state index in [1.807, 2.05) is 40.0 Å². The zero-order chi connectivity index (χ0) is 18.7. The van der Waals surface area contributed by atoms with E-state index in [9.17, 15) is 4.79 Å². The molecule has 2 heterocycles. The Kier molecular flexibility index (Phi) is 5.49. The van der Waals surface area contributed by atoms with E-state index >= 15 is 0 Å².